The molecule has 15 heavy (non-hydrogen) atoms. The Labute approximate surface area is 86.2 Å². The van der Waals surface area contributed by atoms with Crippen LogP contribution in [0.3, 0.4) is 0 Å². The zero-order valence-corrected chi connectivity index (χ0v) is 7.97. The van der Waals surface area contributed by atoms with Gasteiger partial charge in [-0.2, -0.15) is 0 Å². The van der Waals surface area contributed by atoms with Gasteiger partial charge in [0.15, 0.2) is 11.6 Å². The first kappa shape index (κ1) is 11.9. The first-order valence-corrected chi connectivity index (χ1v) is 4.51. The molecule has 0 fully saturated rings. The van der Waals surface area contributed by atoms with E-state index >= 15 is 0 Å². The number of aromatic hydroxyl groups is 1. The summed E-state index contributed by atoms with van der Waals surface area (Å²) in [7, 11) is 0. The summed E-state index contributed by atoms with van der Waals surface area (Å²) in [6, 6.07) is 3.35. The molecule has 0 spiro atoms. The van der Waals surface area contributed by atoms with Gasteiger partial charge in [0.25, 0.3) is 0 Å². The van der Waals surface area contributed by atoms with E-state index < -0.39 is 23.8 Å². The highest BCUT2D eigenvalue weighted by atomic mass is 19.1. The van der Waals surface area contributed by atoms with Gasteiger partial charge in [0.05, 0.1) is 6.10 Å². The molecule has 4 N–H and O–H groups in total. The van der Waals surface area contributed by atoms with Gasteiger partial charge in [-0.15, -0.1) is 0 Å². The third-order valence-corrected chi connectivity index (χ3v) is 2.10. The van der Waals surface area contributed by atoms with Crippen LogP contribution in [0.1, 0.15) is 18.1 Å². The van der Waals surface area contributed by atoms with Crippen LogP contribution in [-0.2, 0) is 0 Å². The van der Waals surface area contributed by atoms with Gasteiger partial charge in [-0.25, -0.2) is 4.39 Å². The first-order valence-electron chi connectivity index (χ1n) is 4.51. The van der Waals surface area contributed by atoms with E-state index in [1.165, 1.54) is 6.07 Å². The Hall–Kier alpha value is -1.17. The maximum Gasteiger partial charge on any atom is 0.165 e. The smallest absolute Gasteiger partial charge is 0.165 e. The van der Waals surface area contributed by atoms with Crippen molar-refractivity contribution in [3.63, 3.8) is 0 Å². The number of hydrogen-bond donors (Lipinski definition) is 4. The van der Waals surface area contributed by atoms with Crippen LogP contribution in [0.5, 0.6) is 5.75 Å². The summed E-state index contributed by atoms with van der Waals surface area (Å²) in [5.74, 6) is -1.37. The van der Waals surface area contributed by atoms with Crippen molar-refractivity contribution >= 4 is 0 Å². The molecule has 0 radical (unpaired) electrons. The predicted octanol–water partition coefficient (Wildman–Crippen LogP) is 0.308. The molecule has 0 aromatic heterocycles. The van der Waals surface area contributed by atoms with Crippen LogP contribution in [-0.4, -0.2) is 33.1 Å². The molecule has 1 aromatic carbocycles. The van der Waals surface area contributed by atoms with Gasteiger partial charge >= 0.3 is 0 Å². The number of halogens is 1. The van der Waals surface area contributed by atoms with Gasteiger partial charge in [0.2, 0.25) is 0 Å². The average Bonchev–Trinajstić information content (AvgIpc) is 2.21. The number of hydrogen-bond acceptors (Lipinski definition) is 4. The van der Waals surface area contributed by atoms with E-state index in [1.54, 1.807) is 0 Å². The van der Waals surface area contributed by atoms with Crippen LogP contribution in [0.25, 0.3) is 0 Å². The number of benzene rings is 1. The average molecular weight is 216 g/mol. The van der Waals surface area contributed by atoms with E-state index in [9.17, 15) is 14.6 Å². The molecule has 4 nitrogen and oxygen atoms in total. The number of phenols is 1. The van der Waals surface area contributed by atoms with Crippen LogP contribution >= 0.6 is 0 Å². The summed E-state index contributed by atoms with van der Waals surface area (Å²) in [6.07, 6.45) is -2.42. The van der Waals surface area contributed by atoms with Crippen molar-refractivity contribution in [3.05, 3.63) is 29.6 Å². The lowest BCUT2D eigenvalue weighted by molar-refractivity contribution is 0.00404. The summed E-state index contributed by atoms with van der Waals surface area (Å²) < 4.78 is 12.9. The number of phenolic OH excluding ortho intramolecular Hbond substituents is 1. The second-order valence-electron chi connectivity index (χ2n) is 3.24. The van der Waals surface area contributed by atoms with Gasteiger partial charge in [0.1, 0.15) is 6.10 Å². The lowest BCUT2D eigenvalue weighted by Crippen LogP contribution is -2.19. The molecule has 2 unspecified atom stereocenters. The highest BCUT2D eigenvalue weighted by molar-refractivity contribution is 5.29. The third kappa shape index (κ3) is 2.89. The molecule has 84 valence electrons. The normalized spacial score (nSPS) is 14.9. The second kappa shape index (κ2) is 5.06. The first-order chi connectivity index (χ1) is 7.06. The Kier molecular flexibility index (Phi) is 4.02. The van der Waals surface area contributed by atoms with Crippen molar-refractivity contribution in [1.29, 1.82) is 0 Å². The van der Waals surface area contributed by atoms with Crippen molar-refractivity contribution in [3.8, 4) is 5.75 Å². The summed E-state index contributed by atoms with van der Waals surface area (Å²) in [5.41, 5.74) is 0.159. The molecular formula is C10H13FO4. The van der Waals surface area contributed by atoms with Crippen LogP contribution in [0.15, 0.2) is 18.2 Å². The lowest BCUT2D eigenvalue weighted by Gasteiger charge is -2.17. The van der Waals surface area contributed by atoms with Crippen molar-refractivity contribution in [2.75, 3.05) is 6.61 Å². The SMILES string of the molecule is OCCC(O)C(O)c1ccc(O)c(F)c1. The van der Waals surface area contributed by atoms with Gasteiger partial charge in [0, 0.05) is 6.61 Å². The Morgan fingerprint density at radius 3 is 2.47 bits per heavy atom. The van der Waals surface area contributed by atoms with Crippen LogP contribution in [0.2, 0.25) is 0 Å². The zero-order chi connectivity index (χ0) is 11.4. The fourth-order valence-electron chi connectivity index (χ4n) is 1.22. The lowest BCUT2D eigenvalue weighted by atomic mass is 10.0. The second-order valence-corrected chi connectivity index (χ2v) is 3.24. The van der Waals surface area contributed by atoms with Gasteiger partial charge in [-0.3, -0.25) is 0 Å². The zero-order valence-electron chi connectivity index (χ0n) is 7.97. The number of aliphatic hydroxyl groups excluding tert-OH is 3. The van der Waals surface area contributed by atoms with Crippen LogP contribution in [0, 0.1) is 5.82 Å². The van der Waals surface area contributed by atoms with Crippen molar-refractivity contribution in [2.45, 2.75) is 18.6 Å². The number of rotatable bonds is 4. The molecule has 0 aliphatic rings. The van der Waals surface area contributed by atoms with E-state index in [4.69, 9.17) is 10.2 Å². The minimum Gasteiger partial charge on any atom is -0.505 e. The van der Waals surface area contributed by atoms with Gasteiger partial charge < -0.3 is 20.4 Å². The Balaban J connectivity index is 2.81. The Bertz CT molecular complexity index is 329. The molecule has 1 rings (SSSR count). The van der Waals surface area contributed by atoms with Crippen molar-refractivity contribution in [1.82, 2.24) is 0 Å². The van der Waals surface area contributed by atoms with E-state index in [0.29, 0.717) is 0 Å². The minimum atomic E-state index is -1.27. The molecule has 5 heteroatoms. The summed E-state index contributed by atoms with van der Waals surface area (Å²) >= 11 is 0. The maximum atomic E-state index is 12.9. The molecule has 0 aliphatic carbocycles. The largest absolute Gasteiger partial charge is 0.505 e. The summed E-state index contributed by atoms with van der Waals surface area (Å²) in [4.78, 5) is 0. The fourth-order valence-corrected chi connectivity index (χ4v) is 1.22. The molecule has 0 bridgehead atoms. The minimum absolute atomic E-state index is 0.00363. The van der Waals surface area contributed by atoms with E-state index in [-0.39, 0.29) is 18.6 Å². The van der Waals surface area contributed by atoms with E-state index in [0.717, 1.165) is 12.1 Å². The van der Waals surface area contributed by atoms with Gasteiger partial charge in [-0.05, 0) is 24.1 Å². The van der Waals surface area contributed by atoms with E-state index in [1.807, 2.05) is 0 Å². The quantitative estimate of drug-likeness (QED) is 0.584. The molecular weight excluding hydrogens is 203 g/mol. The summed E-state index contributed by atoms with van der Waals surface area (Å²) in [5, 5.41) is 36.3. The van der Waals surface area contributed by atoms with Crippen molar-refractivity contribution in [2.24, 2.45) is 0 Å². The predicted molar refractivity (Wildman–Crippen MR) is 50.7 cm³/mol. The monoisotopic (exact) mass is 216 g/mol. The standard InChI is InChI=1S/C10H13FO4/c11-7-5-6(1-2-8(7)13)10(15)9(14)3-4-12/h1-2,5,9-10,12-15H,3-4H2. The summed E-state index contributed by atoms with van der Waals surface area (Å²) in [6.45, 7) is -0.265. The maximum absolute atomic E-state index is 12.9. The Morgan fingerprint density at radius 1 is 1.27 bits per heavy atom. The highest BCUT2D eigenvalue weighted by Gasteiger charge is 2.18. The number of aliphatic hydroxyl groups is 3. The van der Waals surface area contributed by atoms with Crippen molar-refractivity contribution < 1.29 is 24.8 Å². The Morgan fingerprint density at radius 2 is 1.93 bits per heavy atom. The molecule has 0 saturated heterocycles. The van der Waals surface area contributed by atoms with Crippen LogP contribution in [0.4, 0.5) is 4.39 Å². The molecule has 1 aromatic rings. The third-order valence-electron chi connectivity index (χ3n) is 2.10. The van der Waals surface area contributed by atoms with Gasteiger partial charge in [-0.1, -0.05) is 6.07 Å². The van der Waals surface area contributed by atoms with Crippen LogP contribution < -0.4 is 0 Å². The fraction of sp³-hybridized carbons (Fsp3) is 0.400. The molecule has 0 heterocycles. The van der Waals surface area contributed by atoms with E-state index in [2.05, 4.69) is 0 Å². The molecule has 0 aliphatic heterocycles. The molecule has 2 atom stereocenters. The molecule has 0 amide bonds. The highest BCUT2D eigenvalue weighted by Crippen LogP contribution is 2.23. The topological polar surface area (TPSA) is 80.9 Å². The molecule has 0 saturated carbocycles.